The summed E-state index contributed by atoms with van der Waals surface area (Å²) in [6.45, 7) is 2.19. The van der Waals surface area contributed by atoms with Gasteiger partial charge in [0.2, 0.25) is 5.91 Å². The zero-order chi connectivity index (χ0) is 20.8. The number of nitrogens with zero attached hydrogens (tertiary/aromatic N) is 1. The van der Waals surface area contributed by atoms with Crippen LogP contribution in [0.2, 0.25) is 0 Å². The van der Waals surface area contributed by atoms with Crippen molar-refractivity contribution in [2.45, 2.75) is 56.5 Å². The summed E-state index contributed by atoms with van der Waals surface area (Å²) in [5.74, 6) is 2.82. The molecule has 4 unspecified atom stereocenters. The number of fused-ring (bicyclic) bond motifs is 5. The summed E-state index contributed by atoms with van der Waals surface area (Å²) in [5, 5.41) is 3.77. The summed E-state index contributed by atoms with van der Waals surface area (Å²) < 4.78 is 0. The normalized spacial score (nSPS) is 36.1. The molecule has 0 radical (unpaired) electrons. The molecule has 3 nitrogen and oxygen atoms in total. The Morgan fingerprint density at radius 2 is 1.48 bits per heavy atom. The van der Waals surface area contributed by atoms with Gasteiger partial charge in [-0.05, 0) is 67.4 Å². The van der Waals surface area contributed by atoms with E-state index in [2.05, 4.69) is 70.9 Å². The van der Waals surface area contributed by atoms with Crippen LogP contribution in [0.1, 0.15) is 62.0 Å². The molecule has 3 saturated heterocycles. The van der Waals surface area contributed by atoms with Crippen LogP contribution in [0, 0.1) is 23.7 Å². The van der Waals surface area contributed by atoms with Crippen molar-refractivity contribution in [1.82, 2.24) is 10.2 Å². The number of benzene rings is 2. The van der Waals surface area contributed by atoms with E-state index < -0.39 is 0 Å². The fourth-order valence-corrected chi connectivity index (χ4v) is 7.51. The Kier molecular flexibility index (Phi) is 4.90. The van der Waals surface area contributed by atoms with Gasteiger partial charge in [0, 0.05) is 24.9 Å². The molecule has 7 rings (SSSR count). The smallest absolute Gasteiger partial charge is 0.224 e. The van der Waals surface area contributed by atoms with E-state index >= 15 is 0 Å². The lowest BCUT2D eigenvalue weighted by atomic mass is 9.68. The Morgan fingerprint density at radius 1 is 0.839 bits per heavy atom. The third-order valence-electron chi connectivity index (χ3n) is 8.94. The highest BCUT2D eigenvalue weighted by Crippen LogP contribution is 2.51. The molecule has 2 saturated carbocycles. The van der Waals surface area contributed by atoms with Crippen LogP contribution >= 0.6 is 0 Å². The summed E-state index contributed by atoms with van der Waals surface area (Å²) in [6, 6.07) is 21.8. The largest absolute Gasteiger partial charge is 0.337 e. The summed E-state index contributed by atoms with van der Waals surface area (Å²) in [5.41, 5.74) is 2.31. The first-order valence-electron chi connectivity index (χ1n) is 12.4. The van der Waals surface area contributed by atoms with Crippen molar-refractivity contribution in [3.8, 4) is 0 Å². The molecule has 4 atom stereocenters. The highest BCUT2D eigenvalue weighted by Gasteiger charge is 2.54. The van der Waals surface area contributed by atoms with E-state index in [9.17, 15) is 4.79 Å². The van der Waals surface area contributed by atoms with Crippen LogP contribution in [0.15, 0.2) is 60.7 Å². The van der Waals surface area contributed by atoms with E-state index in [1.165, 1.54) is 43.2 Å². The van der Waals surface area contributed by atoms with Crippen LogP contribution in [0.25, 0.3) is 0 Å². The van der Waals surface area contributed by atoms with Crippen molar-refractivity contribution < 1.29 is 4.79 Å². The lowest BCUT2D eigenvalue weighted by Gasteiger charge is -2.58. The van der Waals surface area contributed by atoms with Crippen molar-refractivity contribution in [2.75, 3.05) is 13.1 Å². The molecule has 0 aromatic heterocycles. The van der Waals surface area contributed by atoms with E-state index in [1.54, 1.807) is 0 Å². The number of amides is 1. The Bertz CT molecular complexity index is 881. The van der Waals surface area contributed by atoms with Gasteiger partial charge in [-0.15, -0.1) is 0 Å². The molecule has 2 aromatic carbocycles. The van der Waals surface area contributed by atoms with Crippen LogP contribution in [-0.2, 0) is 4.79 Å². The van der Waals surface area contributed by atoms with Crippen LogP contribution in [0.5, 0.6) is 0 Å². The minimum Gasteiger partial charge on any atom is -0.337 e. The Labute approximate surface area is 186 Å². The van der Waals surface area contributed by atoms with Gasteiger partial charge in [-0.3, -0.25) is 9.69 Å². The van der Waals surface area contributed by atoms with Crippen LogP contribution < -0.4 is 5.32 Å². The molecule has 31 heavy (non-hydrogen) atoms. The van der Waals surface area contributed by atoms with Gasteiger partial charge in [0.1, 0.15) is 5.66 Å². The van der Waals surface area contributed by atoms with Crippen molar-refractivity contribution in [3.63, 3.8) is 0 Å². The summed E-state index contributed by atoms with van der Waals surface area (Å²) >= 11 is 0. The first kappa shape index (κ1) is 19.5. The Hall–Kier alpha value is -2.13. The van der Waals surface area contributed by atoms with Crippen LogP contribution in [0.3, 0.4) is 0 Å². The fourth-order valence-electron chi connectivity index (χ4n) is 7.51. The minimum atomic E-state index is -0.317. The Balaban J connectivity index is 1.42. The van der Waals surface area contributed by atoms with Gasteiger partial charge in [0.25, 0.3) is 0 Å². The maximum Gasteiger partial charge on any atom is 0.224 e. The first-order valence-corrected chi connectivity index (χ1v) is 12.4. The quantitative estimate of drug-likeness (QED) is 0.731. The topological polar surface area (TPSA) is 32.3 Å². The van der Waals surface area contributed by atoms with Crippen LogP contribution in [-0.4, -0.2) is 29.6 Å². The lowest BCUT2D eigenvalue weighted by molar-refractivity contribution is -0.137. The standard InChI is InChI=1S/C28H34N2O/c31-27(25-18-21-11-12-24(25)17-21)29-28(19-20-13-15-30(28)16-14-20)26(22-7-3-1-4-8-22)23-9-5-2-6-10-23/h1-10,20-21,24-26H,11-19H2,(H,29,31). The molecule has 2 aromatic rings. The summed E-state index contributed by atoms with van der Waals surface area (Å²) in [4.78, 5) is 16.4. The lowest BCUT2D eigenvalue weighted by Crippen LogP contribution is -2.70. The van der Waals surface area contributed by atoms with Crippen molar-refractivity contribution >= 4 is 5.91 Å². The first-order chi connectivity index (χ1) is 15.2. The molecule has 1 N–H and O–H groups in total. The third kappa shape index (κ3) is 3.33. The molecular formula is C28H34N2O. The molecule has 5 aliphatic rings. The van der Waals surface area contributed by atoms with E-state index in [-0.39, 0.29) is 17.5 Å². The van der Waals surface area contributed by atoms with Gasteiger partial charge in [0.15, 0.2) is 0 Å². The average Bonchev–Trinajstić information content (AvgIpc) is 3.45. The molecular weight excluding hydrogens is 380 g/mol. The molecule has 5 fully saturated rings. The molecule has 162 valence electrons. The predicted octanol–water partition coefficient (Wildman–Crippen LogP) is 5.18. The molecule has 0 spiro atoms. The second-order valence-corrected chi connectivity index (χ2v) is 10.6. The highest BCUT2D eigenvalue weighted by atomic mass is 16.2. The molecule has 1 amide bonds. The molecule has 3 heteroatoms. The molecule has 3 aliphatic heterocycles. The van der Waals surface area contributed by atoms with Crippen LogP contribution in [0.4, 0.5) is 0 Å². The van der Waals surface area contributed by atoms with E-state index in [1.807, 2.05) is 0 Å². The fraction of sp³-hybridized carbons (Fsp3) is 0.536. The van der Waals surface area contributed by atoms with E-state index in [0.29, 0.717) is 17.7 Å². The number of nitrogens with one attached hydrogen (secondary N) is 1. The average molecular weight is 415 g/mol. The number of carbonyl (C=O) groups is 1. The van der Waals surface area contributed by atoms with E-state index in [4.69, 9.17) is 0 Å². The SMILES string of the molecule is O=C(NC1(C(c2ccccc2)c2ccccc2)CC2CCN1CC2)C1CC2CCC1C2. The van der Waals surface area contributed by atoms with Gasteiger partial charge in [0.05, 0.1) is 0 Å². The molecule has 2 aliphatic carbocycles. The Morgan fingerprint density at radius 3 is 1.97 bits per heavy atom. The number of carbonyl (C=O) groups excluding carboxylic acids is 1. The molecule has 4 bridgehead atoms. The van der Waals surface area contributed by atoms with Crippen molar-refractivity contribution in [2.24, 2.45) is 23.7 Å². The number of piperidine rings is 3. The predicted molar refractivity (Wildman–Crippen MR) is 123 cm³/mol. The zero-order valence-electron chi connectivity index (χ0n) is 18.4. The number of hydrogen-bond donors (Lipinski definition) is 1. The van der Waals surface area contributed by atoms with Gasteiger partial charge in [-0.25, -0.2) is 0 Å². The maximum atomic E-state index is 13.8. The van der Waals surface area contributed by atoms with Crippen molar-refractivity contribution in [3.05, 3.63) is 71.8 Å². The van der Waals surface area contributed by atoms with Gasteiger partial charge in [-0.2, -0.15) is 0 Å². The zero-order valence-corrected chi connectivity index (χ0v) is 18.4. The van der Waals surface area contributed by atoms with Gasteiger partial charge in [-0.1, -0.05) is 67.1 Å². The van der Waals surface area contributed by atoms with E-state index in [0.717, 1.165) is 31.8 Å². The maximum absolute atomic E-state index is 13.8. The van der Waals surface area contributed by atoms with Gasteiger partial charge >= 0.3 is 0 Å². The van der Waals surface area contributed by atoms with Crippen molar-refractivity contribution in [1.29, 1.82) is 0 Å². The second kappa shape index (κ2) is 7.78. The monoisotopic (exact) mass is 414 g/mol. The highest BCUT2D eigenvalue weighted by molar-refractivity contribution is 5.80. The summed E-state index contributed by atoms with van der Waals surface area (Å²) in [7, 11) is 0. The van der Waals surface area contributed by atoms with Gasteiger partial charge < -0.3 is 5.32 Å². The third-order valence-corrected chi connectivity index (χ3v) is 8.94. The number of rotatable bonds is 5. The second-order valence-electron chi connectivity index (χ2n) is 10.6. The minimum absolute atomic E-state index is 0.153. The summed E-state index contributed by atoms with van der Waals surface area (Å²) in [6.07, 6.45) is 8.57. The molecule has 3 heterocycles. The number of hydrogen-bond acceptors (Lipinski definition) is 2.